The molecule has 1 aliphatic rings. The summed E-state index contributed by atoms with van der Waals surface area (Å²) in [5.74, 6) is -0.764. The summed E-state index contributed by atoms with van der Waals surface area (Å²) in [7, 11) is 0. The number of aliphatic carboxylic acids is 1. The number of hydrogen-bond acceptors (Lipinski definition) is 2. The first-order chi connectivity index (χ1) is 8.35. The van der Waals surface area contributed by atoms with E-state index in [1.165, 1.54) is 0 Å². The van der Waals surface area contributed by atoms with Gasteiger partial charge in [-0.1, -0.05) is 26.7 Å². The highest BCUT2D eigenvalue weighted by Crippen LogP contribution is 2.34. The second kappa shape index (κ2) is 6.21. The summed E-state index contributed by atoms with van der Waals surface area (Å²) in [4.78, 5) is 23.2. The van der Waals surface area contributed by atoms with Crippen molar-refractivity contribution in [2.24, 2.45) is 11.8 Å². The van der Waals surface area contributed by atoms with Crippen LogP contribution in [-0.4, -0.2) is 22.5 Å². The van der Waals surface area contributed by atoms with Crippen molar-refractivity contribution in [1.29, 1.82) is 0 Å². The zero-order valence-electron chi connectivity index (χ0n) is 11.7. The minimum absolute atomic E-state index is 0.0145. The van der Waals surface area contributed by atoms with Crippen LogP contribution < -0.4 is 5.32 Å². The summed E-state index contributed by atoms with van der Waals surface area (Å²) < 4.78 is 0. The molecule has 0 spiro atoms. The van der Waals surface area contributed by atoms with Crippen LogP contribution >= 0.6 is 0 Å². The molecule has 0 radical (unpaired) electrons. The summed E-state index contributed by atoms with van der Waals surface area (Å²) in [6, 6.07) is 0. The third-order valence-corrected chi connectivity index (χ3v) is 3.88. The van der Waals surface area contributed by atoms with Crippen molar-refractivity contribution in [3.63, 3.8) is 0 Å². The molecule has 0 aromatic rings. The second-order valence-electron chi connectivity index (χ2n) is 6.03. The molecule has 2 atom stereocenters. The van der Waals surface area contributed by atoms with E-state index in [2.05, 4.69) is 19.2 Å². The van der Waals surface area contributed by atoms with Gasteiger partial charge in [-0.3, -0.25) is 9.59 Å². The predicted octanol–water partition coefficient (Wildman–Crippen LogP) is 2.57. The molecule has 1 fully saturated rings. The fourth-order valence-electron chi connectivity index (χ4n) is 2.68. The van der Waals surface area contributed by atoms with E-state index in [1.54, 1.807) is 0 Å². The Morgan fingerprint density at radius 3 is 2.61 bits per heavy atom. The molecule has 1 aliphatic carbocycles. The molecule has 4 heteroatoms. The van der Waals surface area contributed by atoms with Gasteiger partial charge in [-0.15, -0.1) is 0 Å². The molecular formula is C14H25NO3. The molecule has 0 heterocycles. The maximum atomic E-state index is 11.9. The van der Waals surface area contributed by atoms with Crippen LogP contribution in [0.2, 0.25) is 0 Å². The van der Waals surface area contributed by atoms with Gasteiger partial charge in [0.05, 0.1) is 11.5 Å². The van der Waals surface area contributed by atoms with Crippen molar-refractivity contribution in [1.82, 2.24) is 5.32 Å². The van der Waals surface area contributed by atoms with E-state index >= 15 is 0 Å². The van der Waals surface area contributed by atoms with Crippen LogP contribution in [0.5, 0.6) is 0 Å². The van der Waals surface area contributed by atoms with Crippen LogP contribution in [0.3, 0.4) is 0 Å². The van der Waals surface area contributed by atoms with E-state index in [0.29, 0.717) is 18.8 Å². The summed E-state index contributed by atoms with van der Waals surface area (Å²) in [5.41, 5.74) is -0.571. The van der Waals surface area contributed by atoms with Crippen molar-refractivity contribution in [3.8, 4) is 0 Å². The standard InChI is InChI=1S/C14H25NO3/c1-10(2)7-8-12(16)15-14(3)9-5-4-6-11(14)13(17)18/h10-11H,4-9H2,1-3H3,(H,15,16)(H,17,18). The molecule has 1 saturated carbocycles. The largest absolute Gasteiger partial charge is 0.481 e. The molecule has 0 aromatic carbocycles. The van der Waals surface area contributed by atoms with Gasteiger partial charge < -0.3 is 10.4 Å². The topological polar surface area (TPSA) is 66.4 Å². The Morgan fingerprint density at radius 1 is 1.39 bits per heavy atom. The number of carboxylic acids is 1. The number of nitrogens with one attached hydrogen (secondary N) is 1. The quantitative estimate of drug-likeness (QED) is 0.793. The highest BCUT2D eigenvalue weighted by molar-refractivity contribution is 5.79. The number of carbonyl (C=O) groups excluding carboxylic acids is 1. The van der Waals surface area contributed by atoms with Crippen LogP contribution in [-0.2, 0) is 9.59 Å². The first kappa shape index (κ1) is 15.0. The van der Waals surface area contributed by atoms with E-state index in [4.69, 9.17) is 0 Å². The molecular weight excluding hydrogens is 230 g/mol. The summed E-state index contributed by atoms with van der Waals surface area (Å²) in [6.45, 7) is 6.03. The van der Waals surface area contributed by atoms with E-state index < -0.39 is 17.4 Å². The van der Waals surface area contributed by atoms with Crippen LogP contribution in [0.25, 0.3) is 0 Å². The van der Waals surface area contributed by atoms with Crippen LogP contribution in [0, 0.1) is 11.8 Å². The molecule has 2 N–H and O–H groups in total. The Morgan fingerprint density at radius 2 is 2.06 bits per heavy atom. The normalized spacial score (nSPS) is 28.1. The molecule has 0 saturated heterocycles. The summed E-state index contributed by atoms with van der Waals surface area (Å²) >= 11 is 0. The zero-order valence-corrected chi connectivity index (χ0v) is 11.7. The highest BCUT2D eigenvalue weighted by Gasteiger charge is 2.41. The van der Waals surface area contributed by atoms with E-state index in [0.717, 1.165) is 25.7 Å². The SMILES string of the molecule is CC(C)CCC(=O)NC1(C)CCCCC1C(=O)O. The fraction of sp³-hybridized carbons (Fsp3) is 0.857. The Kier molecular flexibility index (Phi) is 5.17. The van der Waals surface area contributed by atoms with Crippen molar-refractivity contribution in [2.45, 2.75) is 64.8 Å². The van der Waals surface area contributed by atoms with Gasteiger partial charge in [-0.2, -0.15) is 0 Å². The van der Waals surface area contributed by atoms with Crippen molar-refractivity contribution in [2.75, 3.05) is 0 Å². The molecule has 104 valence electrons. The van der Waals surface area contributed by atoms with Crippen LogP contribution in [0.1, 0.15) is 59.3 Å². The molecule has 2 unspecified atom stereocenters. The first-order valence-corrected chi connectivity index (χ1v) is 6.89. The van der Waals surface area contributed by atoms with Gasteiger partial charge in [0.2, 0.25) is 5.91 Å². The maximum Gasteiger partial charge on any atom is 0.308 e. The lowest BCUT2D eigenvalue weighted by molar-refractivity contribution is -0.146. The molecule has 1 rings (SSSR count). The number of hydrogen-bond donors (Lipinski definition) is 2. The smallest absolute Gasteiger partial charge is 0.308 e. The van der Waals surface area contributed by atoms with E-state index in [1.807, 2.05) is 6.92 Å². The second-order valence-corrected chi connectivity index (χ2v) is 6.03. The fourth-order valence-corrected chi connectivity index (χ4v) is 2.68. The highest BCUT2D eigenvalue weighted by atomic mass is 16.4. The van der Waals surface area contributed by atoms with Crippen molar-refractivity contribution >= 4 is 11.9 Å². The van der Waals surface area contributed by atoms with Gasteiger partial charge in [-0.05, 0) is 32.1 Å². The van der Waals surface area contributed by atoms with Gasteiger partial charge in [0.1, 0.15) is 0 Å². The summed E-state index contributed by atoms with van der Waals surface area (Å²) in [6.07, 6.45) is 4.69. The Balaban J connectivity index is 2.60. The Hall–Kier alpha value is -1.06. The van der Waals surface area contributed by atoms with Gasteiger partial charge in [0, 0.05) is 6.42 Å². The Bertz CT molecular complexity index is 314. The molecule has 1 amide bonds. The molecule has 0 aromatic heterocycles. The number of carboxylic acid groups (broad SMARTS) is 1. The molecule has 4 nitrogen and oxygen atoms in total. The minimum Gasteiger partial charge on any atom is -0.481 e. The summed E-state index contributed by atoms with van der Waals surface area (Å²) in [5, 5.41) is 12.2. The van der Waals surface area contributed by atoms with Crippen LogP contribution in [0.15, 0.2) is 0 Å². The van der Waals surface area contributed by atoms with Crippen LogP contribution in [0.4, 0.5) is 0 Å². The minimum atomic E-state index is -0.790. The molecule has 18 heavy (non-hydrogen) atoms. The lowest BCUT2D eigenvalue weighted by Gasteiger charge is -2.39. The number of carbonyl (C=O) groups is 2. The third-order valence-electron chi connectivity index (χ3n) is 3.88. The zero-order chi connectivity index (χ0) is 13.8. The predicted molar refractivity (Wildman–Crippen MR) is 70.2 cm³/mol. The van der Waals surface area contributed by atoms with Gasteiger partial charge in [0.25, 0.3) is 0 Å². The van der Waals surface area contributed by atoms with Gasteiger partial charge in [-0.25, -0.2) is 0 Å². The number of amides is 1. The van der Waals surface area contributed by atoms with Crippen molar-refractivity contribution < 1.29 is 14.7 Å². The Labute approximate surface area is 109 Å². The van der Waals surface area contributed by atoms with E-state index in [-0.39, 0.29) is 5.91 Å². The van der Waals surface area contributed by atoms with Gasteiger partial charge in [0.15, 0.2) is 0 Å². The molecule has 0 aliphatic heterocycles. The average Bonchev–Trinajstić information content (AvgIpc) is 2.26. The average molecular weight is 255 g/mol. The third kappa shape index (κ3) is 4.00. The first-order valence-electron chi connectivity index (χ1n) is 6.89. The van der Waals surface area contributed by atoms with Gasteiger partial charge >= 0.3 is 5.97 Å². The maximum absolute atomic E-state index is 11.9. The number of rotatable bonds is 5. The lowest BCUT2D eigenvalue weighted by Crippen LogP contribution is -2.55. The molecule has 0 bridgehead atoms. The monoisotopic (exact) mass is 255 g/mol. The lowest BCUT2D eigenvalue weighted by atomic mass is 9.74. The van der Waals surface area contributed by atoms with E-state index in [9.17, 15) is 14.7 Å². The van der Waals surface area contributed by atoms with Crippen molar-refractivity contribution in [3.05, 3.63) is 0 Å².